The summed E-state index contributed by atoms with van der Waals surface area (Å²) in [5.41, 5.74) is 3.22. The number of amides is 1. The second-order valence-electron chi connectivity index (χ2n) is 6.52. The van der Waals surface area contributed by atoms with Gasteiger partial charge in [-0.3, -0.25) is 14.7 Å². The van der Waals surface area contributed by atoms with E-state index in [0.29, 0.717) is 12.2 Å². The van der Waals surface area contributed by atoms with Gasteiger partial charge >= 0.3 is 0 Å². The summed E-state index contributed by atoms with van der Waals surface area (Å²) in [6.07, 6.45) is 9.68. The van der Waals surface area contributed by atoms with Crippen LogP contribution in [-0.4, -0.2) is 66.5 Å². The van der Waals surface area contributed by atoms with Gasteiger partial charge in [-0.05, 0) is 19.4 Å². The Kier molecular flexibility index (Phi) is 4.57. The van der Waals surface area contributed by atoms with Crippen molar-refractivity contribution in [2.45, 2.75) is 19.9 Å². The third-order valence-corrected chi connectivity index (χ3v) is 4.62. The summed E-state index contributed by atoms with van der Waals surface area (Å²) in [7, 11) is 0. The number of nitrogens with zero attached hydrogens (tertiary/aromatic N) is 7. The van der Waals surface area contributed by atoms with E-state index >= 15 is 0 Å². The van der Waals surface area contributed by atoms with Crippen LogP contribution in [0.4, 0.5) is 0 Å². The van der Waals surface area contributed by atoms with Gasteiger partial charge in [0.05, 0.1) is 18.1 Å². The van der Waals surface area contributed by atoms with Gasteiger partial charge in [0.1, 0.15) is 5.69 Å². The van der Waals surface area contributed by atoms with E-state index < -0.39 is 0 Å². The second kappa shape index (κ2) is 7.17. The highest BCUT2D eigenvalue weighted by molar-refractivity contribution is 5.92. The van der Waals surface area contributed by atoms with Crippen LogP contribution in [0.1, 0.15) is 28.2 Å². The molecule has 0 bridgehead atoms. The van der Waals surface area contributed by atoms with Crippen molar-refractivity contribution < 1.29 is 4.79 Å². The van der Waals surface area contributed by atoms with E-state index in [1.807, 2.05) is 30.3 Å². The van der Waals surface area contributed by atoms with E-state index in [2.05, 4.69) is 25.0 Å². The first-order chi connectivity index (χ1) is 12.7. The smallest absolute Gasteiger partial charge is 0.274 e. The molecular weight excluding hydrogens is 330 g/mol. The fourth-order valence-electron chi connectivity index (χ4n) is 3.23. The van der Waals surface area contributed by atoms with E-state index in [1.54, 1.807) is 23.1 Å². The van der Waals surface area contributed by atoms with Gasteiger partial charge < -0.3 is 4.90 Å². The van der Waals surface area contributed by atoms with E-state index in [4.69, 9.17) is 0 Å². The fourth-order valence-corrected chi connectivity index (χ4v) is 3.23. The molecule has 3 aromatic heterocycles. The first-order valence-corrected chi connectivity index (χ1v) is 8.78. The lowest BCUT2D eigenvalue weighted by Crippen LogP contribution is -2.35. The predicted octanol–water partition coefficient (Wildman–Crippen LogP) is 1.18. The quantitative estimate of drug-likeness (QED) is 0.705. The minimum absolute atomic E-state index is 0.0444. The lowest BCUT2D eigenvalue weighted by molar-refractivity contribution is 0.0754. The van der Waals surface area contributed by atoms with E-state index in [9.17, 15) is 4.79 Å². The molecular formula is C18H21N7O. The molecule has 4 heterocycles. The number of fused-ring (bicyclic) bond motifs is 1. The van der Waals surface area contributed by atoms with Crippen molar-refractivity contribution in [3.05, 3.63) is 54.0 Å². The maximum absolute atomic E-state index is 12.6. The molecule has 0 radical (unpaired) electrons. The standard InChI is InChI=1S/C18H21N7O/c1-14-10-21-16(12-20-14)18(26)24-6-3-5-23(8-9-24)13-15-11-22-25-7-2-4-19-17(15)25/h2,4,7,10-12H,3,5-6,8-9,13H2,1H3. The van der Waals surface area contributed by atoms with Crippen molar-refractivity contribution in [3.63, 3.8) is 0 Å². The molecule has 0 spiro atoms. The summed E-state index contributed by atoms with van der Waals surface area (Å²) in [6.45, 7) is 5.81. The fraction of sp³-hybridized carbons (Fsp3) is 0.389. The lowest BCUT2D eigenvalue weighted by Gasteiger charge is -2.21. The molecule has 1 aliphatic heterocycles. The zero-order valence-corrected chi connectivity index (χ0v) is 14.7. The van der Waals surface area contributed by atoms with Crippen molar-refractivity contribution in [1.29, 1.82) is 0 Å². The minimum Gasteiger partial charge on any atom is -0.336 e. The molecule has 1 fully saturated rings. The zero-order chi connectivity index (χ0) is 17.9. The Labute approximate surface area is 151 Å². The van der Waals surface area contributed by atoms with Gasteiger partial charge in [0, 0.05) is 56.9 Å². The lowest BCUT2D eigenvalue weighted by atomic mass is 10.3. The highest BCUT2D eigenvalue weighted by atomic mass is 16.2. The largest absolute Gasteiger partial charge is 0.336 e. The topological polar surface area (TPSA) is 79.5 Å². The molecule has 8 nitrogen and oxygen atoms in total. The van der Waals surface area contributed by atoms with Gasteiger partial charge in [0.25, 0.3) is 5.91 Å². The number of rotatable bonds is 3. The number of hydrogen-bond acceptors (Lipinski definition) is 6. The van der Waals surface area contributed by atoms with Gasteiger partial charge in [-0.2, -0.15) is 5.10 Å². The summed E-state index contributed by atoms with van der Waals surface area (Å²) in [5, 5.41) is 4.35. The van der Waals surface area contributed by atoms with Gasteiger partial charge in [0.15, 0.2) is 5.65 Å². The summed E-state index contributed by atoms with van der Waals surface area (Å²) >= 11 is 0. The van der Waals surface area contributed by atoms with Crippen LogP contribution in [0.25, 0.3) is 5.65 Å². The summed E-state index contributed by atoms with van der Waals surface area (Å²) in [5.74, 6) is -0.0444. The molecule has 26 heavy (non-hydrogen) atoms. The van der Waals surface area contributed by atoms with Crippen molar-refractivity contribution in [2.75, 3.05) is 26.2 Å². The predicted molar refractivity (Wildman–Crippen MR) is 95.6 cm³/mol. The molecule has 1 aliphatic rings. The van der Waals surface area contributed by atoms with Crippen LogP contribution >= 0.6 is 0 Å². The maximum Gasteiger partial charge on any atom is 0.274 e. The van der Waals surface area contributed by atoms with E-state index in [-0.39, 0.29) is 5.91 Å². The Morgan fingerprint density at radius 3 is 2.85 bits per heavy atom. The zero-order valence-electron chi connectivity index (χ0n) is 14.7. The van der Waals surface area contributed by atoms with Crippen LogP contribution in [0.15, 0.2) is 37.1 Å². The van der Waals surface area contributed by atoms with Crippen LogP contribution in [0.2, 0.25) is 0 Å². The molecule has 1 amide bonds. The number of hydrogen-bond donors (Lipinski definition) is 0. The second-order valence-corrected chi connectivity index (χ2v) is 6.52. The average molecular weight is 351 g/mol. The maximum atomic E-state index is 12.6. The average Bonchev–Trinajstić information content (AvgIpc) is 2.92. The van der Waals surface area contributed by atoms with E-state index in [1.165, 1.54) is 0 Å². The monoisotopic (exact) mass is 351 g/mol. The Morgan fingerprint density at radius 1 is 1.08 bits per heavy atom. The van der Waals surface area contributed by atoms with Gasteiger partial charge in [-0.15, -0.1) is 0 Å². The molecule has 1 saturated heterocycles. The molecule has 4 rings (SSSR count). The van der Waals surface area contributed by atoms with Crippen molar-refractivity contribution >= 4 is 11.6 Å². The third-order valence-electron chi connectivity index (χ3n) is 4.62. The van der Waals surface area contributed by atoms with Gasteiger partial charge in [-0.1, -0.05) is 0 Å². The number of carbonyl (C=O) groups is 1. The molecule has 0 saturated carbocycles. The van der Waals surface area contributed by atoms with Crippen molar-refractivity contribution in [2.24, 2.45) is 0 Å². The number of carbonyl (C=O) groups excluding carboxylic acids is 1. The molecule has 3 aromatic rings. The summed E-state index contributed by atoms with van der Waals surface area (Å²) < 4.78 is 1.79. The van der Waals surface area contributed by atoms with Gasteiger partial charge in [-0.25, -0.2) is 14.5 Å². The Hall–Kier alpha value is -2.87. The van der Waals surface area contributed by atoms with Crippen LogP contribution in [0.3, 0.4) is 0 Å². The molecule has 0 atom stereocenters. The van der Waals surface area contributed by atoms with E-state index in [0.717, 1.165) is 49.5 Å². The van der Waals surface area contributed by atoms with Crippen molar-refractivity contribution in [1.82, 2.24) is 34.4 Å². The Balaban J connectivity index is 1.41. The highest BCUT2D eigenvalue weighted by Crippen LogP contribution is 2.13. The van der Waals surface area contributed by atoms with Crippen LogP contribution in [0.5, 0.6) is 0 Å². The molecule has 0 aromatic carbocycles. The van der Waals surface area contributed by atoms with Crippen LogP contribution < -0.4 is 0 Å². The Bertz CT molecular complexity index is 905. The van der Waals surface area contributed by atoms with Gasteiger partial charge in [0.2, 0.25) is 0 Å². The summed E-state index contributed by atoms with van der Waals surface area (Å²) in [6, 6.07) is 1.87. The molecule has 0 N–H and O–H groups in total. The number of aromatic nitrogens is 5. The molecule has 134 valence electrons. The third kappa shape index (κ3) is 3.41. The SMILES string of the molecule is Cc1cnc(C(=O)N2CCCN(Cc3cnn4cccnc34)CC2)cn1. The van der Waals surface area contributed by atoms with Crippen LogP contribution in [-0.2, 0) is 6.54 Å². The van der Waals surface area contributed by atoms with Crippen molar-refractivity contribution in [3.8, 4) is 0 Å². The summed E-state index contributed by atoms with van der Waals surface area (Å²) in [4.78, 5) is 29.7. The molecule has 0 aliphatic carbocycles. The molecule has 0 unspecified atom stereocenters. The normalized spacial score (nSPS) is 16.0. The Morgan fingerprint density at radius 2 is 2.00 bits per heavy atom. The molecule has 8 heteroatoms. The first kappa shape index (κ1) is 16.6. The minimum atomic E-state index is -0.0444. The number of aryl methyl sites for hydroxylation is 1. The first-order valence-electron chi connectivity index (χ1n) is 8.78. The highest BCUT2D eigenvalue weighted by Gasteiger charge is 2.22. The van der Waals surface area contributed by atoms with Crippen LogP contribution in [0, 0.1) is 6.92 Å².